The number of carbonyl (C=O) groups is 2. The van der Waals surface area contributed by atoms with Crippen molar-refractivity contribution in [3.8, 4) is 0 Å². The van der Waals surface area contributed by atoms with Crippen molar-refractivity contribution in [2.75, 3.05) is 0 Å². The minimum atomic E-state index is -0.808. The van der Waals surface area contributed by atoms with Gasteiger partial charge in [-0.25, -0.2) is 0 Å². The Hall–Kier alpha value is -1.84. The SMILES string of the molecule is CC1(C)NC(=O)C(C2CC2)N(Cc2ccccc2)C1=O. The van der Waals surface area contributed by atoms with Gasteiger partial charge in [0.2, 0.25) is 11.8 Å². The predicted molar refractivity (Wildman–Crippen MR) is 75.7 cm³/mol. The molecule has 1 aromatic rings. The summed E-state index contributed by atoms with van der Waals surface area (Å²) in [6, 6.07) is 9.57. The van der Waals surface area contributed by atoms with Crippen LogP contribution in [0.25, 0.3) is 0 Å². The maximum Gasteiger partial charge on any atom is 0.248 e. The number of amides is 2. The summed E-state index contributed by atoms with van der Waals surface area (Å²) in [5, 5.41) is 2.86. The lowest BCUT2D eigenvalue weighted by Gasteiger charge is -2.43. The summed E-state index contributed by atoms with van der Waals surface area (Å²) in [7, 11) is 0. The van der Waals surface area contributed by atoms with Gasteiger partial charge in [0, 0.05) is 6.54 Å². The van der Waals surface area contributed by atoms with Gasteiger partial charge in [0.05, 0.1) is 0 Å². The Morgan fingerprint density at radius 1 is 1.20 bits per heavy atom. The topological polar surface area (TPSA) is 49.4 Å². The summed E-state index contributed by atoms with van der Waals surface area (Å²) >= 11 is 0. The molecule has 1 aliphatic carbocycles. The summed E-state index contributed by atoms with van der Waals surface area (Å²) in [5.74, 6) is 0.338. The lowest BCUT2D eigenvalue weighted by atomic mass is 9.94. The van der Waals surface area contributed by atoms with Crippen LogP contribution in [0.5, 0.6) is 0 Å². The number of benzene rings is 1. The third kappa shape index (κ3) is 2.30. The van der Waals surface area contributed by atoms with Crippen molar-refractivity contribution in [2.45, 2.75) is 44.8 Å². The third-order valence-electron chi connectivity index (χ3n) is 4.10. The van der Waals surface area contributed by atoms with Crippen LogP contribution in [-0.2, 0) is 16.1 Å². The number of nitrogens with one attached hydrogen (secondary N) is 1. The Bertz CT molecular complexity index is 535. The van der Waals surface area contributed by atoms with E-state index < -0.39 is 5.54 Å². The molecule has 1 aliphatic heterocycles. The van der Waals surface area contributed by atoms with Gasteiger partial charge in [-0.1, -0.05) is 30.3 Å². The summed E-state index contributed by atoms with van der Waals surface area (Å²) < 4.78 is 0. The normalized spacial score (nSPS) is 25.5. The zero-order chi connectivity index (χ0) is 14.3. The van der Waals surface area contributed by atoms with Crippen LogP contribution >= 0.6 is 0 Å². The van der Waals surface area contributed by atoms with Crippen LogP contribution in [0.1, 0.15) is 32.3 Å². The van der Waals surface area contributed by atoms with Gasteiger partial charge < -0.3 is 10.2 Å². The molecular weight excluding hydrogens is 252 g/mol. The first kappa shape index (κ1) is 13.2. The van der Waals surface area contributed by atoms with Gasteiger partial charge in [-0.3, -0.25) is 9.59 Å². The minimum Gasteiger partial charge on any atom is -0.340 e. The predicted octanol–water partition coefficient (Wildman–Crippen LogP) is 1.70. The maximum absolute atomic E-state index is 12.7. The third-order valence-corrected chi connectivity index (χ3v) is 4.10. The Labute approximate surface area is 119 Å². The Morgan fingerprint density at radius 2 is 1.85 bits per heavy atom. The first-order chi connectivity index (χ1) is 9.49. The van der Waals surface area contributed by atoms with Gasteiger partial charge in [-0.2, -0.15) is 0 Å². The fourth-order valence-electron chi connectivity index (χ4n) is 2.89. The van der Waals surface area contributed by atoms with E-state index >= 15 is 0 Å². The zero-order valence-corrected chi connectivity index (χ0v) is 11.9. The average Bonchev–Trinajstić information content (AvgIpc) is 3.21. The lowest BCUT2D eigenvalue weighted by Crippen LogP contribution is -2.68. The fraction of sp³-hybridized carbons (Fsp3) is 0.500. The highest BCUT2D eigenvalue weighted by molar-refractivity contribution is 5.99. The van der Waals surface area contributed by atoms with E-state index in [1.165, 1.54) is 0 Å². The molecule has 0 aromatic heterocycles. The van der Waals surface area contributed by atoms with E-state index in [4.69, 9.17) is 0 Å². The number of carbonyl (C=O) groups excluding carboxylic acids is 2. The second kappa shape index (κ2) is 4.62. The first-order valence-corrected chi connectivity index (χ1v) is 7.16. The Kier molecular flexibility index (Phi) is 3.04. The van der Waals surface area contributed by atoms with Gasteiger partial charge >= 0.3 is 0 Å². The second-order valence-electron chi connectivity index (χ2n) is 6.32. The molecule has 106 valence electrons. The average molecular weight is 272 g/mol. The largest absolute Gasteiger partial charge is 0.340 e. The number of nitrogens with zero attached hydrogens (tertiary/aromatic N) is 1. The van der Waals surface area contributed by atoms with Crippen LogP contribution in [0.3, 0.4) is 0 Å². The molecule has 0 spiro atoms. The number of rotatable bonds is 3. The zero-order valence-electron chi connectivity index (χ0n) is 11.9. The second-order valence-corrected chi connectivity index (χ2v) is 6.32. The van der Waals surface area contributed by atoms with E-state index in [1.807, 2.05) is 30.3 Å². The van der Waals surface area contributed by atoms with Crippen LogP contribution < -0.4 is 5.32 Å². The van der Waals surface area contributed by atoms with Crippen molar-refractivity contribution in [1.29, 1.82) is 0 Å². The summed E-state index contributed by atoms with van der Waals surface area (Å²) in [4.78, 5) is 26.8. The quantitative estimate of drug-likeness (QED) is 0.910. The van der Waals surface area contributed by atoms with Crippen molar-refractivity contribution < 1.29 is 9.59 Å². The van der Waals surface area contributed by atoms with E-state index in [2.05, 4.69) is 5.32 Å². The van der Waals surface area contributed by atoms with Crippen molar-refractivity contribution in [2.24, 2.45) is 5.92 Å². The van der Waals surface area contributed by atoms with Gasteiger partial charge in [-0.05, 0) is 38.2 Å². The maximum atomic E-state index is 12.7. The molecule has 4 heteroatoms. The summed E-state index contributed by atoms with van der Waals surface area (Å²) in [6.07, 6.45) is 2.08. The lowest BCUT2D eigenvalue weighted by molar-refractivity contribution is -0.155. The molecule has 1 unspecified atom stereocenters. The van der Waals surface area contributed by atoms with Crippen LogP contribution in [0.4, 0.5) is 0 Å². The highest BCUT2D eigenvalue weighted by Gasteiger charge is 2.50. The molecule has 1 aromatic carbocycles. The molecule has 1 saturated heterocycles. The number of piperazine rings is 1. The molecule has 4 nitrogen and oxygen atoms in total. The molecule has 2 aliphatic rings. The van der Waals surface area contributed by atoms with E-state index in [0.29, 0.717) is 12.5 Å². The molecule has 0 bridgehead atoms. The van der Waals surface area contributed by atoms with Crippen LogP contribution in [0, 0.1) is 5.92 Å². The van der Waals surface area contributed by atoms with Crippen molar-refractivity contribution in [3.63, 3.8) is 0 Å². The van der Waals surface area contributed by atoms with Gasteiger partial charge in [-0.15, -0.1) is 0 Å². The Morgan fingerprint density at radius 3 is 2.45 bits per heavy atom. The van der Waals surface area contributed by atoms with Crippen LogP contribution in [0.15, 0.2) is 30.3 Å². The number of hydrogen-bond acceptors (Lipinski definition) is 2. The molecule has 1 N–H and O–H groups in total. The molecule has 20 heavy (non-hydrogen) atoms. The van der Waals surface area contributed by atoms with Crippen molar-refractivity contribution in [1.82, 2.24) is 10.2 Å². The highest BCUT2D eigenvalue weighted by Crippen LogP contribution is 2.38. The highest BCUT2D eigenvalue weighted by atomic mass is 16.2. The minimum absolute atomic E-state index is 0.00645. The van der Waals surface area contributed by atoms with E-state index in [0.717, 1.165) is 18.4 Å². The smallest absolute Gasteiger partial charge is 0.248 e. The van der Waals surface area contributed by atoms with E-state index in [9.17, 15) is 9.59 Å². The van der Waals surface area contributed by atoms with Crippen LogP contribution in [0.2, 0.25) is 0 Å². The van der Waals surface area contributed by atoms with Crippen LogP contribution in [-0.4, -0.2) is 28.3 Å². The first-order valence-electron chi connectivity index (χ1n) is 7.16. The van der Waals surface area contributed by atoms with E-state index in [-0.39, 0.29) is 17.9 Å². The molecular formula is C16H20N2O2. The van der Waals surface area contributed by atoms with Crippen molar-refractivity contribution >= 4 is 11.8 Å². The molecule has 3 rings (SSSR count). The van der Waals surface area contributed by atoms with E-state index in [1.54, 1.807) is 18.7 Å². The molecule has 2 amide bonds. The van der Waals surface area contributed by atoms with Gasteiger partial charge in [0.1, 0.15) is 11.6 Å². The standard InChI is InChI=1S/C16H20N2O2/c1-16(2)15(20)18(10-11-6-4-3-5-7-11)13(12-8-9-12)14(19)17-16/h3-7,12-13H,8-10H2,1-2H3,(H,17,19). The fourth-order valence-corrected chi connectivity index (χ4v) is 2.89. The van der Waals surface area contributed by atoms with Gasteiger partial charge in [0.15, 0.2) is 0 Å². The molecule has 1 saturated carbocycles. The summed E-state index contributed by atoms with van der Waals surface area (Å²) in [6.45, 7) is 4.06. The molecule has 0 radical (unpaired) electrons. The van der Waals surface area contributed by atoms with Crippen molar-refractivity contribution in [3.05, 3.63) is 35.9 Å². The Balaban J connectivity index is 1.89. The molecule has 1 atom stereocenters. The number of hydrogen-bond donors (Lipinski definition) is 1. The molecule has 2 fully saturated rings. The summed E-state index contributed by atoms with van der Waals surface area (Å²) in [5.41, 5.74) is 0.258. The molecule has 1 heterocycles. The monoisotopic (exact) mass is 272 g/mol. The van der Waals surface area contributed by atoms with Gasteiger partial charge in [0.25, 0.3) is 0 Å².